The van der Waals surface area contributed by atoms with E-state index in [0.29, 0.717) is 6.42 Å². The predicted molar refractivity (Wildman–Crippen MR) is 53.1 cm³/mol. The minimum atomic E-state index is -0.632. The quantitative estimate of drug-likeness (QED) is 0.717. The lowest BCUT2D eigenvalue weighted by molar-refractivity contribution is 0.102. The lowest BCUT2D eigenvalue weighted by Crippen LogP contribution is -2.11. The molecular weight excluding hydrogens is 224 g/mol. The zero-order valence-electron chi connectivity index (χ0n) is 7.71. The van der Waals surface area contributed by atoms with Crippen LogP contribution in [0, 0.1) is 11.6 Å². The van der Waals surface area contributed by atoms with Crippen LogP contribution in [0.3, 0.4) is 0 Å². The second kappa shape index (κ2) is 4.14. The molecule has 1 aliphatic rings. The van der Waals surface area contributed by atoms with E-state index in [9.17, 15) is 8.78 Å². The summed E-state index contributed by atoms with van der Waals surface area (Å²) in [5.41, 5.74) is 0.154. The van der Waals surface area contributed by atoms with Crippen molar-refractivity contribution in [2.75, 3.05) is 5.88 Å². The normalized spacial score (nSPS) is 19.9. The van der Waals surface area contributed by atoms with Crippen LogP contribution in [-0.4, -0.2) is 17.7 Å². The fourth-order valence-electron chi connectivity index (χ4n) is 1.43. The van der Waals surface area contributed by atoms with E-state index in [4.69, 9.17) is 16.4 Å². The fraction of sp³-hybridized carbons (Fsp3) is 0.300. The Morgan fingerprint density at radius 3 is 2.60 bits per heavy atom. The molecule has 2 rings (SSSR count). The molecule has 0 N–H and O–H groups in total. The number of hydrogen-bond acceptors (Lipinski definition) is 2. The zero-order valence-corrected chi connectivity index (χ0v) is 8.47. The van der Waals surface area contributed by atoms with Crippen LogP contribution in [0.2, 0.25) is 0 Å². The average molecular weight is 232 g/mol. The van der Waals surface area contributed by atoms with Gasteiger partial charge in [0.1, 0.15) is 17.7 Å². The maximum atomic E-state index is 13.3. The number of halogens is 3. The highest BCUT2D eigenvalue weighted by Crippen LogP contribution is 2.21. The Kier molecular flexibility index (Phi) is 2.86. The van der Waals surface area contributed by atoms with E-state index >= 15 is 0 Å². The third-order valence-corrected chi connectivity index (χ3v) is 2.50. The van der Waals surface area contributed by atoms with Crippen molar-refractivity contribution in [2.45, 2.75) is 12.5 Å². The Bertz CT molecular complexity index is 388. The minimum Gasteiger partial charge on any atom is -0.391 e. The number of rotatable bonds is 2. The summed E-state index contributed by atoms with van der Waals surface area (Å²) in [6.45, 7) is 0. The zero-order chi connectivity index (χ0) is 10.8. The first-order valence-corrected chi connectivity index (χ1v) is 4.99. The van der Waals surface area contributed by atoms with Crippen molar-refractivity contribution >= 4 is 17.3 Å². The van der Waals surface area contributed by atoms with E-state index in [0.717, 1.165) is 0 Å². The van der Waals surface area contributed by atoms with E-state index in [1.54, 1.807) is 0 Å². The molecule has 2 nitrogen and oxygen atoms in total. The molecule has 0 fully saturated rings. The molecule has 5 heteroatoms. The summed E-state index contributed by atoms with van der Waals surface area (Å²) in [7, 11) is 0. The Morgan fingerprint density at radius 2 is 2.07 bits per heavy atom. The van der Waals surface area contributed by atoms with E-state index in [1.165, 1.54) is 18.2 Å². The molecule has 0 saturated heterocycles. The summed E-state index contributed by atoms with van der Waals surface area (Å²) in [4.78, 5) is 4.90. The highest BCUT2D eigenvalue weighted by Gasteiger charge is 2.25. The van der Waals surface area contributed by atoms with Crippen LogP contribution in [0.4, 0.5) is 8.78 Å². The second-order valence-corrected chi connectivity index (χ2v) is 3.53. The van der Waals surface area contributed by atoms with Gasteiger partial charge in [-0.1, -0.05) is 11.2 Å². The van der Waals surface area contributed by atoms with Crippen molar-refractivity contribution in [3.8, 4) is 0 Å². The fourth-order valence-corrected chi connectivity index (χ4v) is 1.60. The molecule has 0 amide bonds. The van der Waals surface area contributed by atoms with Crippen LogP contribution in [0.25, 0.3) is 0 Å². The topological polar surface area (TPSA) is 21.6 Å². The molecule has 0 aliphatic carbocycles. The van der Waals surface area contributed by atoms with Gasteiger partial charge in [0.2, 0.25) is 0 Å². The smallest absolute Gasteiger partial charge is 0.146 e. The van der Waals surface area contributed by atoms with Gasteiger partial charge in [0.25, 0.3) is 0 Å². The summed E-state index contributed by atoms with van der Waals surface area (Å²) < 4.78 is 26.6. The van der Waals surface area contributed by atoms with Crippen molar-refractivity contribution in [1.29, 1.82) is 0 Å². The molecule has 1 aliphatic heterocycles. The molecule has 0 spiro atoms. The molecule has 80 valence electrons. The van der Waals surface area contributed by atoms with Crippen LogP contribution in [0.15, 0.2) is 23.4 Å². The number of nitrogens with zero attached hydrogens (tertiary/aromatic N) is 1. The van der Waals surface area contributed by atoms with Crippen molar-refractivity contribution in [2.24, 2.45) is 5.16 Å². The first kappa shape index (κ1) is 10.4. The van der Waals surface area contributed by atoms with Gasteiger partial charge >= 0.3 is 0 Å². The van der Waals surface area contributed by atoms with Gasteiger partial charge in [-0.15, -0.1) is 11.6 Å². The van der Waals surface area contributed by atoms with Gasteiger partial charge in [0, 0.05) is 6.42 Å². The Hall–Kier alpha value is -1.16. The Balaban J connectivity index is 2.31. The van der Waals surface area contributed by atoms with Crippen LogP contribution in [0.1, 0.15) is 12.0 Å². The van der Waals surface area contributed by atoms with E-state index in [2.05, 4.69) is 5.16 Å². The maximum absolute atomic E-state index is 13.3. The predicted octanol–water partition coefficient (Wildman–Crippen LogP) is 2.70. The molecule has 1 heterocycles. The Labute approximate surface area is 90.5 Å². The summed E-state index contributed by atoms with van der Waals surface area (Å²) in [6.07, 6.45) is 0.0436. The van der Waals surface area contributed by atoms with Gasteiger partial charge in [0.05, 0.1) is 17.2 Å². The van der Waals surface area contributed by atoms with Crippen LogP contribution in [-0.2, 0) is 4.84 Å². The van der Waals surface area contributed by atoms with Gasteiger partial charge in [-0.2, -0.15) is 0 Å². The SMILES string of the molecule is Fc1cccc(F)c1C1=NO[C@H](CCl)C1. The summed E-state index contributed by atoms with van der Waals surface area (Å²) >= 11 is 5.55. The van der Waals surface area contributed by atoms with E-state index in [-0.39, 0.29) is 23.3 Å². The number of oxime groups is 1. The number of alkyl halides is 1. The molecule has 1 atom stereocenters. The summed E-state index contributed by atoms with van der Waals surface area (Å²) in [6, 6.07) is 3.69. The van der Waals surface area contributed by atoms with Gasteiger partial charge < -0.3 is 4.84 Å². The van der Waals surface area contributed by atoms with Crippen molar-refractivity contribution < 1.29 is 13.6 Å². The molecular formula is C10H8ClF2NO. The van der Waals surface area contributed by atoms with Crippen molar-refractivity contribution in [3.05, 3.63) is 35.4 Å². The van der Waals surface area contributed by atoms with Gasteiger partial charge in [0.15, 0.2) is 0 Å². The van der Waals surface area contributed by atoms with Crippen molar-refractivity contribution in [3.63, 3.8) is 0 Å². The van der Waals surface area contributed by atoms with Crippen LogP contribution in [0.5, 0.6) is 0 Å². The second-order valence-electron chi connectivity index (χ2n) is 3.22. The third kappa shape index (κ3) is 1.95. The van der Waals surface area contributed by atoms with E-state index < -0.39 is 11.6 Å². The third-order valence-electron chi connectivity index (χ3n) is 2.16. The van der Waals surface area contributed by atoms with Gasteiger partial charge in [-0.3, -0.25) is 0 Å². The van der Waals surface area contributed by atoms with E-state index in [1.807, 2.05) is 0 Å². The summed E-state index contributed by atoms with van der Waals surface area (Å²) in [5.74, 6) is -1.01. The molecule has 0 aromatic heterocycles. The number of hydrogen-bond donors (Lipinski definition) is 0. The molecule has 15 heavy (non-hydrogen) atoms. The molecule has 0 saturated carbocycles. The molecule has 1 aromatic carbocycles. The number of benzene rings is 1. The maximum Gasteiger partial charge on any atom is 0.146 e. The molecule has 0 radical (unpaired) electrons. The molecule has 0 unspecified atom stereocenters. The largest absolute Gasteiger partial charge is 0.391 e. The highest BCUT2D eigenvalue weighted by molar-refractivity contribution is 6.18. The molecule has 0 bridgehead atoms. The highest BCUT2D eigenvalue weighted by atomic mass is 35.5. The first-order chi connectivity index (χ1) is 7.22. The standard InChI is InChI=1S/C10H8ClF2NO/c11-5-6-4-9(14-15-6)10-7(12)2-1-3-8(10)13/h1-3,6H,4-5H2/t6-/m0/s1. The van der Waals surface area contributed by atoms with Crippen LogP contribution < -0.4 is 0 Å². The van der Waals surface area contributed by atoms with Crippen LogP contribution >= 0.6 is 11.6 Å². The van der Waals surface area contributed by atoms with Crippen molar-refractivity contribution in [1.82, 2.24) is 0 Å². The summed E-state index contributed by atoms with van der Waals surface area (Å²) in [5, 5.41) is 3.63. The first-order valence-electron chi connectivity index (χ1n) is 4.45. The average Bonchev–Trinajstić information content (AvgIpc) is 2.66. The Morgan fingerprint density at radius 1 is 1.40 bits per heavy atom. The van der Waals surface area contributed by atoms with Gasteiger partial charge in [-0.05, 0) is 12.1 Å². The minimum absolute atomic E-state index is 0.120. The monoisotopic (exact) mass is 231 g/mol. The van der Waals surface area contributed by atoms with Gasteiger partial charge in [-0.25, -0.2) is 8.78 Å². The lowest BCUT2D eigenvalue weighted by Gasteiger charge is -2.03. The molecule has 1 aromatic rings. The lowest BCUT2D eigenvalue weighted by atomic mass is 10.0.